The summed E-state index contributed by atoms with van der Waals surface area (Å²) in [5.41, 5.74) is 1.48. The van der Waals surface area contributed by atoms with E-state index in [-0.39, 0.29) is 28.9 Å². The second kappa shape index (κ2) is 9.62. The van der Waals surface area contributed by atoms with Crippen LogP contribution in [-0.4, -0.2) is 26.0 Å². The summed E-state index contributed by atoms with van der Waals surface area (Å²) in [6.45, 7) is 3.63. The van der Waals surface area contributed by atoms with E-state index in [0.29, 0.717) is 5.69 Å². The van der Waals surface area contributed by atoms with Crippen molar-refractivity contribution in [3.63, 3.8) is 0 Å². The third-order valence-corrected chi connectivity index (χ3v) is 5.97. The first-order chi connectivity index (χ1) is 14.4. The summed E-state index contributed by atoms with van der Waals surface area (Å²) < 4.78 is 26.5. The van der Waals surface area contributed by atoms with E-state index in [0.717, 1.165) is 16.3 Å². The fourth-order valence-electron chi connectivity index (χ4n) is 2.92. The van der Waals surface area contributed by atoms with Crippen LogP contribution in [-0.2, 0) is 21.2 Å². The Balaban J connectivity index is 1.60. The minimum atomic E-state index is -3.59. The summed E-state index contributed by atoms with van der Waals surface area (Å²) in [5.74, 6) is -0.239. The molecule has 3 N–H and O–H groups in total. The molecule has 0 saturated carbocycles. The maximum atomic E-state index is 12.4. The lowest BCUT2D eigenvalue weighted by molar-refractivity contribution is -0.119. The molecule has 0 spiro atoms. The molecule has 0 saturated heterocycles. The van der Waals surface area contributed by atoms with Gasteiger partial charge in [-0.1, -0.05) is 48.5 Å². The Morgan fingerprint density at radius 3 is 2.43 bits per heavy atom. The molecule has 6 nitrogen and oxygen atoms in total. The number of sulfonamides is 1. The summed E-state index contributed by atoms with van der Waals surface area (Å²) in [6.07, 6.45) is 1.65. The number of carbonyl (C=O) groups excluding carboxylic acids is 1. The van der Waals surface area contributed by atoms with Crippen LogP contribution in [0.25, 0.3) is 10.8 Å². The first-order valence-corrected chi connectivity index (χ1v) is 11.1. The smallest absolute Gasteiger partial charge is 0.240 e. The number of hydrogen-bond acceptors (Lipinski definition) is 4. The normalized spacial score (nSPS) is 11.1. The largest absolute Gasteiger partial charge is 0.332 e. The van der Waals surface area contributed by atoms with E-state index in [2.05, 4.69) is 21.9 Å². The van der Waals surface area contributed by atoms with Gasteiger partial charge in [-0.25, -0.2) is 13.1 Å². The second-order valence-electron chi connectivity index (χ2n) is 6.48. The highest BCUT2D eigenvalue weighted by Crippen LogP contribution is 2.19. The lowest BCUT2D eigenvalue weighted by Crippen LogP contribution is -2.35. The number of hydrogen-bond donors (Lipinski definition) is 3. The Hall–Kier alpha value is -3.07. The van der Waals surface area contributed by atoms with Crippen molar-refractivity contribution < 1.29 is 13.2 Å². The fraction of sp³-hybridized carbons (Fsp3) is 0.0909. The van der Waals surface area contributed by atoms with Gasteiger partial charge in [-0.15, -0.1) is 6.58 Å². The third kappa shape index (κ3) is 5.50. The highest BCUT2D eigenvalue weighted by Gasteiger charge is 2.13. The van der Waals surface area contributed by atoms with Crippen LogP contribution in [0.2, 0.25) is 0 Å². The fourth-order valence-corrected chi connectivity index (χ4v) is 4.15. The van der Waals surface area contributed by atoms with Gasteiger partial charge in [0, 0.05) is 12.2 Å². The van der Waals surface area contributed by atoms with Crippen molar-refractivity contribution in [2.45, 2.75) is 11.3 Å². The Kier molecular flexibility index (Phi) is 6.94. The zero-order valence-electron chi connectivity index (χ0n) is 16.1. The summed E-state index contributed by atoms with van der Waals surface area (Å²) >= 11 is 5.20. The van der Waals surface area contributed by atoms with Crippen molar-refractivity contribution in [1.29, 1.82) is 0 Å². The number of rotatable bonds is 7. The molecule has 154 valence electrons. The van der Waals surface area contributed by atoms with Gasteiger partial charge in [0.2, 0.25) is 15.9 Å². The van der Waals surface area contributed by atoms with Gasteiger partial charge in [0.15, 0.2) is 5.11 Å². The highest BCUT2D eigenvalue weighted by molar-refractivity contribution is 7.89. The number of amides is 1. The molecule has 3 aromatic rings. The predicted octanol–water partition coefficient (Wildman–Crippen LogP) is 3.36. The first-order valence-electron chi connectivity index (χ1n) is 9.17. The van der Waals surface area contributed by atoms with E-state index in [4.69, 9.17) is 12.2 Å². The van der Waals surface area contributed by atoms with Crippen LogP contribution in [0, 0.1) is 0 Å². The van der Waals surface area contributed by atoms with Crippen molar-refractivity contribution in [3.05, 3.63) is 84.9 Å². The SMILES string of the molecule is C=CCNS(=O)(=O)c1ccc(NC(=S)NC(=O)Cc2cccc3ccccc23)cc1. The van der Waals surface area contributed by atoms with Crippen molar-refractivity contribution in [3.8, 4) is 0 Å². The van der Waals surface area contributed by atoms with Gasteiger partial charge in [-0.05, 0) is 52.8 Å². The molecule has 0 unspecified atom stereocenters. The molecule has 30 heavy (non-hydrogen) atoms. The lowest BCUT2D eigenvalue weighted by Gasteiger charge is -2.11. The van der Waals surface area contributed by atoms with Crippen LogP contribution in [0.1, 0.15) is 5.56 Å². The number of nitrogens with one attached hydrogen (secondary N) is 3. The predicted molar refractivity (Wildman–Crippen MR) is 124 cm³/mol. The van der Waals surface area contributed by atoms with Gasteiger partial charge in [0.1, 0.15) is 0 Å². The van der Waals surface area contributed by atoms with E-state index < -0.39 is 10.0 Å². The molecule has 0 fully saturated rings. The van der Waals surface area contributed by atoms with E-state index in [9.17, 15) is 13.2 Å². The van der Waals surface area contributed by atoms with E-state index in [1.165, 1.54) is 18.2 Å². The zero-order valence-corrected chi connectivity index (χ0v) is 17.7. The molecule has 0 aromatic heterocycles. The molecular weight excluding hydrogens is 418 g/mol. The van der Waals surface area contributed by atoms with Gasteiger partial charge in [-0.2, -0.15) is 0 Å². The number of anilines is 1. The maximum absolute atomic E-state index is 12.4. The number of fused-ring (bicyclic) bond motifs is 1. The summed E-state index contributed by atoms with van der Waals surface area (Å²) in [7, 11) is -3.59. The summed E-state index contributed by atoms with van der Waals surface area (Å²) in [6, 6.07) is 19.8. The van der Waals surface area contributed by atoms with Gasteiger partial charge in [-0.3, -0.25) is 4.79 Å². The highest BCUT2D eigenvalue weighted by atomic mass is 32.2. The molecule has 0 bridgehead atoms. The average molecular weight is 440 g/mol. The monoisotopic (exact) mass is 439 g/mol. The second-order valence-corrected chi connectivity index (χ2v) is 8.66. The Bertz CT molecular complexity index is 1180. The lowest BCUT2D eigenvalue weighted by atomic mass is 10.0. The molecule has 0 atom stereocenters. The maximum Gasteiger partial charge on any atom is 0.240 e. The van der Waals surface area contributed by atoms with E-state index >= 15 is 0 Å². The molecule has 0 heterocycles. The molecule has 0 aliphatic heterocycles. The van der Waals surface area contributed by atoms with Gasteiger partial charge in [0.25, 0.3) is 0 Å². The van der Waals surface area contributed by atoms with Gasteiger partial charge < -0.3 is 10.6 Å². The molecule has 8 heteroatoms. The molecule has 3 aromatic carbocycles. The average Bonchev–Trinajstić information content (AvgIpc) is 2.73. The number of thiocarbonyl (C=S) groups is 1. The van der Waals surface area contributed by atoms with Crippen molar-refractivity contribution >= 4 is 49.7 Å². The summed E-state index contributed by atoms with van der Waals surface area (Å²) in [4.78, 5) is 12.5. The zero-order chi connectivity index (χ0) is 21.6. The molecule has 0 radical (unpaired) electrons. The Morgan fingerprint density at radius 2 is 1.70 bits per heavy atom. The summed E-state index contributed by atoms with van der Waals surface area (Å²) in [5, 5.41) is 7.77. The molecular formula is C22H21N3O3S2. The quantitative estimate of drug-likeness (QED) is 0.388. The molecule has 0 aliphatic carbocycles. The topological polar surface area (TPSA) is 87.3 Å². The van der Waals surface area contributed by atoms with Crippen LogP contribution < -0.4 is 15.4 Å². The standard InChI is InChI=1S/C22H21N3O3S2/c1-2-14-23-30(27,28)19-12-10-18(11-13-19)24-22(29)25-21(26)15-17-8-5-7-16-6-3-4-9-20(16)17/h2-13,23H,1,14-15H2,(H2,24,25,26,29). The molecule has 1 amide bonds. The van der Waals surface area contributed by atoms with Crippen molar-refractivity contribution in [2.75, 3.05) is 11.9 Å². The Labute approximate surface area is 181 Å². The first kappa shape index (κ1) is 21.6. The number of benzene rings is 3. The third-order valence-electron chi connectivity index (χ3n) is 4.32. The molecule has 3 rings (SSSR count). The van der Waals surface area contributed by atoms with Gasteiger partial charge >= 0.3 is 0 Å². The van der Waals surface area contributed by atoms with E-state index in [1.807, 2.05) is 42.5 Å². The van der Waals surface area contributed by atoms with Crippen LogP contribution in [0.3, 0.4) is 0 Å². The van der Waals surface area contributed by atoms with Crippen LogP contribution in [0.15, 0.2) is 84.3 Å². The molecule has 0 aliphatic rings. The minimum absolute atomic E-state index is 0.126. The van der Waals surface area contributed by atoms with Gasteiger partial charge in [0.05, 0.1) is 11.3 Å². The van der Waals surface area contributed by atoms with Crippen LogP contribution in [0.4, 0.5) is 5.69 Å². The van der Waals surface area contributed by atoms with Crippen molar-refractivity contribution in [1.82, 2.24) is 10.0 Å². The van der Waals surface area contributed by atoms with Crippen LogP contribution >= 0.6 is 12.2 Å². The number of carbonyl (C=O) groups is 1. The van der Waals surface area contributed by atoms with Crippen LogP contribution in [0.5, 0.6) is 0 Å². The van der Waals surface area contributed by atoms with Crippen molar-refractivity contribution in [2.24, 2.45) is 0 Å². The minimum Gasteiger partial charge on any atom is -0.332 e. The van der Waals surface area contributed by atoms with E-state index in [1.54, 1.807) is 12.1 Å². The Morgan fingerprint density at radius 1 is 1.00 bits per heavy atom.